The van der Waals surface area contributed by atoms with Gasteiger partial charge in [-0.2, -0.15) is 4.98 Å². The van der Waals surface area contributed by atoms with Crippen molar-refractivity contribution in [1.82, 2.24) is 9.97 Å². The number of thioether (sulfide) groups is 1. The molecule has 0 saturated heterocycles. The molecule has 8 nitrogen and oxygen atoms in total. The number of nitrogens with two attached hydrogens (primary N) is 1. The Morgan fingerprint density at radius 3 is 2.83 bits per heavy atom. The van der Waals surface area contributed by atoms with Crippen molar-refractivity contribution in [1.29, 1.82) is 0 Å². The number of nitrogens with zero attached hydrogens (tertiary/aromatic N) is 2. The summed E-state index contributed by atoms with van der Waals surface area (Å²) in [4.78, 5) is 32.9. The molecular weight excluding hydrogens is 407 g/mol. The Labute approximate surface area is 176 Å². The van der Waals surface area contributed by atoms with Crippen molar-refractivity contribution in [3.63, 3.8) is 0 Å². The fourth-order valence-electron chi connectivity index (χ4n) is 4.97. The molecule has 3 aliphatic rings. The molecule has 2 saturated carbocycles. The molecular formula is C20H21FN6O2S. The second kappa shape index (κ2) is 7.42. The van der Waals surface area contributed by atoms with Crippen molar-refractivity contribution < 1.29 is 14.0 Å². The second-order valence-electron chi connectivity index (χ2n) is 7.99. The Morgan fingerprint density at radius 2 is 2.03 bits per heavy atom. The molecule has 1 aliphatic heterocycles. The number of primary amides is 1. The van der Waals surface area contributed by atoms with Gasteiger partial charge in [-0.05, 0) is 42.9 Å². The maximum atomic E-state index is 14.5. The van der Waals surface area contributed by atoms with Crippen LogP contribution in [0.1, 0.15) is 12.8 Å². The zero-order valence-corrected chi connectivity index (χ0v) is 16.8. The second-order valence-corrected chi connectivity index (χ2v) is 9.21. The molecule has 5 N–H and O–H groups in total. The van der Waals surface area contributed by atoms with Crippen LogP contribution in [-0.4, -0.2) is 38.8 Å². The van der Waals surface area contributed by atoms with Gasteiger partial charge in [-0.15, -0.1) is 11.8 Å². The zero-order valence-electron chi connectivity index (χ0n) is 16.0. The number of anilines is 4. The summed E-state index contributed by atoms with van der Waals surface area (Å²) in [5, 5.41) is 9.27. The highest BCUT2D eigenvalue weighted by molar-refractivity contribution is 8.00. The summed E-state index contributed by atoms with van der Waals surface area (Å²) in [7, 11) is 0. The normalized spacial score (nSPS) is 29.8. The molecule has 156 valence electrons. The molecule has 0 unspecified atom stereocenters. The van der Waals surface area contributed by atoms with E-state index in [4.69, 9.17) is 5.73 Å². The summed E-state index contributed by atoms with van der Waals surface area (Å²) in [5.74, 6) is -0.677. The van der Waals surface area contributed by atoms with Crippen molar-refractivity contribution in [3.05, 3.63) is 36.3 Å². The molecule has 10 heteroatoms. The van der Waals surface area contributed by atoms with Crippen molar-refractivity contribution in [2.24, 2.45) is 23.5 Å². The number of benzene rings is 1. The SMILES string of the molecule is NC(=O)[C@H]1[C@H]2C[C@H]3[C@H]1Nc1nc(ncc1F)Nc1cccc(c1)NC(=O)CS[C@@H]3C2. The van der Waals surface area contributed by atoms with Gasteiger partial charge in [0.15, 0.2) is 11.6 Å². The summed E-state index contributed by atoms with van der Waals surface area (Å²) in [6.07, 6.45) is 2.74. The number of hydrogen-bond acceptors (Lipinski definition) is 7. The van der Waals surface area contributed by atoms with E-state index in [1.807, 2.05) is 0 Å². The van der Waals surface area contributed by atoms with Crippen LogP contribution in [0.3, 0.4) is 0 Å². The number of carbonyl (C=O) groups is 2. The van der Waals surface area contributed by atoms with E-state index in [1.165, 1.54) is 0 Å². The lowest BCUT2D eigenvalue weighted by molar-refractivity contribution is -0.123. The van der Waals surface area contributed by atoms with E-state index in [9.17, 15) is 14.0 Å². The maximum absolute atomic E-state index is 14.5. The number of fused-ring (bicyclic) bond motifs is 5. The van der Waals surface area contributed by atoms with Crippen LogP contribution in [0.4, 0.5) is 27.5 Å². The third kappa shape index (κ3) is 3.45. The minimum atomic E-state index is -0.592. The van der Waals surface area contributed by atoms with Crippen molar-refractivity contribution >= 4 is 46.7 Å². The predicted octanol–water partition coefficient (Wildman–Crippen LogP) is 2.33. The van der Waals surface area contributed by atoms with Crippen molar-refractivity contribution in [2.45, 2.75) is 24.1 Å². The summed E-state index contributed by atoms with van der Waals surface area (Å²) in [6, 6.07) is 6.83. The number of carbonyl (C=O) groups excluding carboxylic acids is 2. The molecule has 5 atom stereocenters. The first-order chi connectivity index (χ1) is 14.5. The number of aromatic nitrogens is 2. The average molecular weight is 428 g/mol. The van der Waals surface area contributed by atoms with Crippen molar-refractivity contribution in [3.8, 4) is 0 Å². The van der Waals surface area contributed by atoms with Gasteiger partial charge in [0, 0.05) is 22.7 Å². The third-order valence-corrected chi connectivity index (χ3v) is 7.55. The summed E-state index contributed by atoms with van der Waals surface area (Å²) in [5.41, 5.74) is 7.00. The van der Waals surface area contributed by atoms with Gasteiger partial charge in [-0.25, -0.2) is 9.37 Å². The molecule has 0 radical (unpaired) electrons. The van der Waals surface area contributed by atoms with Gasteiger partial charge in [-0.3, -0.25) is 9.59 Å². The van der Waals surface area contributed by atoms with Gasteiger partial charge in [0.2, 0.25) is 17.8 Å². The highest BCUT2D eigenvalue weighted by atomic mass is 32.2. The van der Waals surface area contributed by atoms with Crippen LogP contribution < -0.4 is 21.7 Å². The predicted molar refractivity (Wildman–Crippen MR) is 113 cm³/mol. The third-order valence-electron chi connectivity index (χ3n) is 6.15. The monoisotopic (exact) mass is 428 g/mol. The largest absolute Gasteiger partial charge is 0.369 e. The van der Waals surface area contributed by atoms with Crippen molar-refractivity contribution in [2.75, 3.05) is 21.7 Å². The molecule has 1 aromatic carbocycles. The Hall–Kier alpha value is -2.88. The first-order valence-corrected chi connectivity index (χ1v) is 10.9. The maximum Gasteiger partial charge on any atom is 0.234 e. The molecule has 2 fully saturated rings. The first kappa shape index (κ1) is 19.1. The topological polar surface area (TPSA) is 122 Å². The van der Waals surface area contributed by atoms with E-state index < -0.39 is 11.7 Å². The highest BCUT2D eigenvalue weighted by Crippen LogP contribution is 2.53. The fraction of sp³-hybridized carbons (Fsp3) is 0.400. The van der Waals surface area contributed by atoms with Crippen LogP contribution in [0.15, 0.2) is 30.5 Å². The minimum Gasteiger partial charge on any atom is -0.369 e. The van der Waals surface area contributed by atoms with Gasteiger partial charge in [0.25, 0.3) is 0 Å². The van der Waals surface area contributed by atoms with E-state index >= 15 is 0 Å². The van der Waals surface area contributed by atoms with E-state index in [2.05, 4.69) is 25.9 Å². The van der Waals surface area contributed by atoms with Gasteiger partial charge in [0.05, 0.1) is 17.9 Å². The van der Waals surface area contributed by atoms with E-state index in [0.29, 0.717) is 17.1 Å². The Bertz CT molecular complexity index is 1020. The molecule has 2 aromatic rings. The van der Waals surface area contributed by atoms with Gasteiger partial charge >= 0.3 is 0 Å². The highest BCUT2D eigenvalue weighted by Gasteiger charge is 2.55. The quantitative estimate of drug-likeness (QED) is 0.550. The lowest BCUT2D eigenvalue weighted by Gasteiger charge is -2.34. The molecule has 2 aliphatic carbocycles. The lowest BCUT2D eigenvalue weighted by Crippen LogP contribution is -2.46. The van der Waals surface area contributed by atoms with Gasteiger partial charge in [-0.1, -0.05) is 6.07 Å². The van der Waals surface area contributed by atoms with Gasteiger partial charge in [0.1, 0.15) is 0 Å². The Balaban J connectivity index is 1.53. The van der Waals surface area contributed by atoms with Gasteiger partial charge < -0.3 is 21.7 Å². The fourth-order valence-corrected chi connectivity index (χ4v) is 6.32. The van der Waals surface area contributed by atoms with Crippen LogP contribution in [0.5, 0.6) is 0 Å². The standard InChI is InChI=1S/C20H21FN6O2S/c21-13-7-23-20-25-11-3-1-2-10(6-11)24-15(28)8-30-14-5-9-4-12(14)17(16(9)18(22)29)26-19(13)27-20/h1-3,6-7,9,12,14,16-17H,4-5,8H2,(H2,22,29)(H,24,28)(H2,23,25,26,27)/t9-,12+,14+,16-,17+/m0/s1. The molecule has 2 amide bonds. The van der Waals surface area contributed by atoms with Crippen LogP contribution >= 0.6 is 11.8 Å². The van der Waals surface area contributed by atoms with Crippen LogP contribution in [0.2, 0.25) is 0 Å². The zero-order chi connectivity index (χ0) is 20.8. The van der Waals surface area contributed by atoms with Crippen LogP contribution in [0.25, 0.3) is 0 Å². The molecule has 6 bridgehead atoms. The number of nitrogens with one attached hydrogen (secondary N) is 3. The van der Waals surface area contributed by atoms with E-state index in [-0.39, 0.29) is 46.7 Å². The summed E-state index contributed by atoms with van der Waals surface area (Å²) >= 11 is 1.58. The average Bonchev–Trinajstić information content (AvgIpc) is 3.27. The first-order valence-electron chi connectivity index (χ1n) is 9.85. The Kier molecular flexibility index (Phi) is 4.73. The Morgan fingerprint density at radius 1 is 1.23 bits per heavy atom. The van der Waals surface area contributed by atoms with Crippen LogP contribution in [0, 0.1) is 23.6 Å². The number of amides is 2. The lowest BCUT2D eigenvalue weighted by atomic mass is 9.83. The number of hydrogen-bond donors (Lipinski definition) is 4. The molecule has 5 rings (SSSR count). The smallest absolute Gasteiger partial charge is 0.234 e. The number of rotatable bonds is 1. The molecule has 0 spiro atoms. The minimum absolute atomic E-state index is 0.0419. The van der Waals surface area contributed by atoms with E-state index in [0.717, 1.165) is 19.0 Å². The number of halogens is 1. The molecule has 1 aromatic heterocycles. The summed E-state index contributed by atoms with van der Waals surface area (Å²) in [6.45, 7) is 0. The van der Waals surface area contributed by atoms with Crippen LogP contribution in [-0.2, 0) is 9.59 Å². The molecule has 30 heavy (non-hydrogen) atoms. The summed E-state index contributed by atoms with van der Waals surface area (Å²) < 4.78 is 14.5. The van der Waals surface area contributed by atoms with E-state index in [1.54, 1.807) is 36.0 Å². The molecule has 2 heterocycles.